The van der Waals surface area contributed by atoms with Crippen LogP contribution in [0.4, 0.5) is 0 Å². The molecule has 2 rings (SSSR count). The molecular weight excluding hydrogens is 266 g/mol. The van der Waals surface area contributed by atoms with Gasteiger partial charge >= 0.3 is 0 Å². The molecule has 0 saturated heterocycles. The first-order chi connectivity index (χ1) is 10.1. The number of aromatic nitrogens is 1. The Morgan fingerprint density at radius 2 is 2.19 bits per heavy atom. The Bertz CT molecular complexity index is 594. The maximum Gasteiger partial charge on any atom is 0.237 e. The van der Waals surface area contributed by atoms with Gasteiger partial charge in [-0.2, -0.15) is 0 Å². The number of benzene rings is 1. The van der Waals surface area contributed by atoms with Crippen molar-refractivity contribution in [2.24, 2.45) is 5.73 Å². The largest absolute Gasteiger partial charge is 0.396 e. The quantitative estimate of drug-likeness (QED) is 0.619. The van der Waals surface area contributed by atoms with Gasteiger partial charge in [-0.05, 0) is 37.8 Å². The van der Waals surface area contributed by atoms with Crippen molar-refractivity contribution in [3.05, 3.63) is 36.0 Å². The molecule has 5 nitrogen and oxygen atoms in total. The molecular formula is C16H23N3O2. The lowest BCUT2D eigenvalue weighted by Gasteiger charge is -2.17. The highest BCUT2D eigenvalue weighted by Crippen LogP contribution is 2.18. The van der Waals surface area contributed by atoms with Crippen molar-refractivity contribution < 1.29 is 9.90 Å². The minimum Gasteiger partial charge on any atom is -0.396 e. The zero-order chi connectivity index (χ0) is 15.2. The summed E-state index contributed by atoms with van der Waals surface area (Å²) in [6.07, 6.45) is 3.84. The lowest BCUT2D eigenvalue weighted by atomic mass is 10.0. The average molecular weight is 289 g/mol. The lowest BCUT2D eigenvalue weighted by Crippen LogP contribution is -2.45. The van der Waals surface area contributed by atoms with Crippen LogP contribution in [0.25, 0.3) is 10.9 Å². The molecule has 5 N–H and O–H groups in total. The summed E-state index contributed by atoms with van der Waals surface area (Å²) in [6.45, 7) is 2.06. The second-order valence-electron chi connectivity index (χ2n) is 5.45. The number of nitrogens with one attached hydrogen (secondary N) is 2. The number of aromatic amines is 1. The van der Waals surface area contributed by atoms with E-state index >= 15 is 0 Å². The number of hydrogen-bond acceptors (Lipinski definition) is 3. The highest BCUT2D eigenvalue weighted by Gasteiger charge is 2.17. The van der Waals surface area contributed by atoms with E-state index in [2.05, 4.69) is 10.3 Å². The fourth-order valence-corrected chi connectivity index (χ4v) is 2.45. The van der Waals surface area contributed by atoms with Crippen molar-refractivity contribution in [3.8, 4) is 0 Å². The number of aliphatic hydroxyl groups excluding tert-OH is 1. The maximum absolute atomic E-state index is 12.1. The Hall–Kier alpha value is -1.85. The minimum absolute atomic E-state index is 0.0265. The van der Waals surface area contributed by atoms with E-state index in [-0.39, 0.29) is 18.6 Å². The SMILES string of the molecule is CC(CCCO)NC(=O)C(N)Cc1c[nH]c2ccccc12. The third kappa shape index (κ3) is 4.06. The molecule has 0 aliphatic rings. The fourth-order valence-electron chi connectivity index (χ4n) is 2.45. The Balaban J connectivity index is 1.94. The summed E-state index contributed by atoms with van der Waals surface area (Å²) in [5.41, 5.74) is 8.11. The first-order valence-corrected chi connectivity index (χ1v) is 7.33. The molecule has 114 valence electrons. The summed E-state index contributed by atoms with van der Waals surface area (Å²) in [5, 5.41) is 12.8. The Morgan fingerprint density at radius 1 is 1.43 bits per heavy atom. The monoisotopic (exact) mass is 289 g/mol. The van der Waals surface area contributed by atoms with Crippen LogP contribution in [-0.2, 0) is 11.2 Å². The predicted octanol–water partition coefficient (Wildman–Crippen LogP) is 1.31. The maximum atomic E-state index is 12.1. The Kier molecular flexibility index (Phi) is 5.36. The van der Waals surface area contributed by atoms with Crippen LogP contribution in [0.3, 0.4) is 0 Å². The molecule has 0 radical (unpaired) electrons. The van der Waals surface area contributed by atoms with Crippen molar-refractivity contribution in [1.82, 2.24) is 10.3 Å². The van der Waals surface area contributed by atoms with Gasteiger partial charge in [-0.1, -0.05) is 18.2 Å². The van der Waals surface area contributed by atoms with E-state index in [0.29, 0.717) is 12.8 Å². The zero-order valence-corrected chi connectivity index (χ0v) is 12.3. The summed E-state index contributed by atoms with van der Waals surface area (Å²) < 4.78 is 0. The van der Waals surface area contributed by atoms with Gasteiger partial charge in [-0.3, -0.25) is 4.79 Å². The number of para-hydroxylation sites is 1. The highest BCUT2D eigenvalue weighted by molar-refractivity contribution is 5.86. The Morgan fingerprint density at radius 3 is 2.95 bits per heavy atom. The topological polar surface area (TPSA) is 91.1 Å². The van der Waals surface area contributed by atoms with E-state index in [0.717, 1.165) is 22.9 Å². The molecule has 0 aliphatic carbocycles. The van der Waals surface area contributed by atoms with Crippen LogP contribution in [0, 0.1) is 0 Å². The van der Waals surface area contributed by atoms with Crippen LogP contribution in [-0.4, -0.2) is 34.7 Å². The molecule has 1 heterocycles. The molecule has 21 heavy (non-hydrogen) atoms. The number of fused-ring (bicyclic) bond motifs is 1. The molecule has 1 aromatic carbocycles. The van der Waals surface area contributed by atoms with E-state index in [1.807, 2.05) is 37.4 Å². The number of hydrogen-bond donors (Lipinski definition) is 4. The van der Waals surface area contributed by atoms with Gasteiger partial charge in [0, 0.05) is 29.7 Å². The van der Waals surface area contributed by atoms with Gasteiger partial charge in [0.25, 0.3) is 0 Å². The van der Waals surface area contributed by atoms with Crippen molar-refractivity contribution in [3.63, 3.8) is 0 Å². The number of carbonyl (C=O) groups excluding carboxylic acids is 1. The smallest absolute Gasteiger partial charge is 0.237 e. The van der Waals surface area contributed by atoms with E-state index < -0.39 is 6.04 Å². The molecule has 1 aromatic heterocycles. The van der Waals surface area contributed by atoms with Crippen LogP contribution in [0.1, 0.15) is 25.3 Å². The molecule has 0 fully saturated rings. The van der Waals surface area contributed by atoms with Crippen LogP contribution in [0.15, 0.2) is 30.5 Å². The van der Waals surface area contributed by atoms with E-state index in [9.17, 15) is 4.79 Å². The molecule has 2 aromatic rings. The van der Waals surface area contributed by atoms with Gasteiger partial charge in [0.2, 0.25) is 5.91 Å². The summed E-state index contributed by atoms with van der Waals surface area (Å²) >= 11 is 0. The van der Waals surface area contributed by atoms with Gasteiger partial charge in [0.05, 0.1) is 6.04 Å². The number of aliphatic hydroxyl groups is 1. The summed E-state index contributed by atoms with van der Waals surface area (Å²) in [4.78, 5) is 15.3. The lowest BCUT2D eigenvalue weighted by molar-refractivity contribution is -0.123. The summed E-state index contributed by atoms with van der Waals surface area (Å²) in [5.74, 6) is -0.147. The van der Waals surface area contributed by atoms with Crippen molar-refractivity contribution in [1.29, 1.82) is 0 Å². The molecule has 1 amide bonds. The van der Waals surface area contributed by atoms with Gasteiger partial charge in [0.15, 0.2) is 0 Å². The van der Waals surface area contributed by atoms with E-state index in [1.54, 1.807) is 0 Å². The van der Waals surface area contributed by atoms with Crippen molar-refractivity contribution in [2.75, 3.05) is 6.61 Å². The predicted molar refractivity (Wildman–Crippen MR) is 83.9 cm³/mol. The number of H-pyrrole nitrogens is 1. The third-order valence-corrected chi connectivity index (χ3v) is 3.64. The van der Waals surface area contributed by atoms with Gasteiger partial charge in [-0.15, -0.1) is 0 Å². The van der Waals surface area contributed by atoms with Crippen LogP contribution < -0.4 is 11.1 Å². The number of nitrogens with two attached hydrogens (primary N) is 1. The van der Waals surface area contributed by atoms with E-state index in [1.165, 1.54) is 0 Å². The van der Waals surface area contributed by atoms with Gasteiger partial charge < -0.3 is 21.1 Å². The average Bonchev–Trinajstić information content (AvgIpc) is 2.88. The second-order valence-corrected chi connectivity index (χ2v) is 5.45. The summed E-state index contributed by atoms with van der Waals surface area (Å²) in [7, 11) is 0. The highest BCUT2D eigenvalue weighted by atomic mass is 16.3. The second kappa shape index (κ2) is 7.24. The minimum atomic E-state index is -0.569. The first kappa shape index (κ1) is 15.5. The third-order valence-electron chi connectivity index (χ3n) is 3.64. The van der Waals surface area contributed by atoms with Crippen molar-refractivity contribution >= 4 is 16.8 Å². The molecule has 0 aliphatic heterocycles. The molecule has 2 atom stereocenters. The van der Waals surface area contributed by atoms with Crippen LogP contribution in [0.2, 0.25) is 0 Å². The normalized spacial score (nSPS) is 14.0. The molecule has 0 bridgehead atoms. The number of rotatable bonds is 7. The summed E-state index contributed by atoms with van der Waals surface area (Å²) in [6, 6.07) is 7.43. The van der Waals surface area contributed by atoms with Gasteiger partial charge in [-0.25, -0.2) is 0 Å². The number of carbonyl (C=O) groups is 1. The first-order valence-electron chi connectivity index (χ1n) is 7.33. The standard InChI is InChI=1S/C16H23N3O2/c1-11(5-4-8-20)19-16(21)14(17)9-12-10-18-15-7-3-2-6-13(12)15/h2-3,6-7,10-11,14,18,20H,4-5,8-9,17H2,1H3,(H,19,21). The van der Waals surface area contributed by atoms with Crippen LogP contribution in [0.5, 0.6) is 0 Å². The molecule has 0 saturated carbocycles. The molecule has 2 unspecified atom stereocenters. The zero-order valence-electron chi connectivity index (χ0n) is 12.3. The van der Waals surface area contributed by atoms with Crippen LogP contribution >= 0.6 is 0 Å². The number of amides is 1. The fraction of sp³-hybridized carbons (Fsp3) is 0.438. The molecule has 0 spiro atoms. The van der Waals surface area contributed by atoms with Crippen molar-refractivity contribution in [2.45, 2.75) is 38.3 Å². The van der Waals surface area contributed by atoms with E-state index in [4.69, 9.17) is 10.8 Å². The molecule has 5 heteroatoms. The van der Waals surface area contributed by atoms with Gasteiger partial charge in [0.1, 0.15) is 0 Å². The Labute approximate surface area is 124 Å².